The molecule has 0 aliphatic carbocycles. The summed E-state index contributed by atoms with van der Waals surface area (Å²) in [6.45, 7) is -0.222. The van der Waals surface area contributed by atoms with Gasteiger partial charge in [-0.2, -0.15) is 4.57 Å². The van der Waals surface area contributed by atoms with Gasteiger partial charge >= 0.3 is 11.6 Å². The van der Waals surface area contributed by atoms with E-state index >= 15 is 0 Å². The summed E-state index contributed by atoms with van der Waals surface area (Å²) in [6, 6.07) is 0. The molecule has 0 fully saturated rings. The first-order valence-electron chi connectivity index (χ1n) is 4.05. The standard InChI is InChI=1S/C6H7ClN4O5/c7-1-4(12)2-9-3-8-5(10(13)14)6(9)11(15)16/h3-4,12H,1-2H2. The zero-order valence-electron chi connectivity index (χ0n) is 7.82. The van der Waals surface area contributed by atoms with Crippen molar-refractivity contribution in [3.8, 4) is 0 Å². The smallest absolute Gasteiger partial charge is 0.388 e. The van der Waals surface area contributed by atoms with Gasteiger partial charge in [0, 0.05) is 4.98 Å². The van der Waals surface area contributed by atoms with Gasteiger partial charge in [-0.05, 0) is 9.85 Å². The molecule has 0 aromatic carbocycles. The van der Waals surface area contributed by atoms with Gasteiger partial charge in [0.15, 0.2) is 0 Å². The highest BCUT2D eigenvalue weighted by molar-refractivity contribution is 6.18. The molecule has 0 radical (unpaired) electrons. The topological polar surface area (TPSA) is 124 Å². The van der Waals surface area contributed by atoms with Crippen LogP contribution in [-0.4, -0.2) is 36.5 Å². The Morgan fingerprint density at radius 1 is 1.50 bits per heavy atom. The van der Waals surface area contributed by atoms with Crippen molar-refractivity contribution in [1.82, 2.24) is 9.55 Å². The van der Waals surface area contributed by atoms with E-state index in [2.05, 4.69) is 4.98 Å². The Balaban J connectivity index is 3.10. The van der Waals surface area contributed by atoms with Crippen LogP contribution in [0, 0.1) is 20.2 Å². The number of aromatic nitrogens is 2. The van der Waals surface area contributed by atoms with Gasteiger partial charge in [0.1, 0.15) is 12.6 Å². The van der Waals surface area contributed by atoms with Crippen molar-refractivity contribution in [2.45, 2.75) is 12.6 Å². The third-order valence-electron chi connectivity index (χ3n) is 1.72. The molecule has 1 aromatic rings. The first kappa shape index (κ1) is 12.3. The van der Waals surface area contributed by atoms with Gasteiger partial charge in [0.05, 0.1) is 5.88 Å². The summed E-state index contributed by atoms with van der Waals surface area (Å²) < 4.78 is 0.880. The Bertz CT molecular complexity index is 419. The number of halogens is 1. The van der Waals surface area contributed by atoms with Gasteiger partial charge in [-0.15, -0.1) is 11.6 Å². The number of aliphatic hydroxyl groups is 1. The molecule has 1 unspecified atom stereocenters. The second kappa shape index (κ2) is 4.86. The molecule has 0 aliphatic heterocycles. The molecule has 1 atom stereocenters. The first-order chi connectivity index (χ1) is 7.47. The van der Waals surface area contributed by atoms with Crippen LogP contribution in [0.4, 0.5) is 11.6 Å². The molecule has 9 nitrogen and oxygen atoms in total. The second-order valence-electron chi connectivity index (χ2n) is 2.87. The number of rotatable bonds is 5. The molecule has 0 saturated carbocycles. The van der Waals surface area contributed by atoms with E-state index in [-0.39, 0.29) is 12.4 Å². The van der Waals surface area contributed by atoms with Crippen molar-refractivity contribution in [3.63, 3.8) is 0 Å². The Morgan fingerprint density at radius 3 is 2.56 bits per heavy atom. The fourth-order valence-electron chi connectivity index (χ4n) is 1.09. The maximum absolute atomic E-state index is 10.6. The zero-order valence-corrected chi connectivity index (χ0v) is 8.57. The maximum Gasteiger partial charge on any atom is 0.462 e. The lowest BCUT2D eigenvalue weighted by Crippen LogP contribution is -2.18. The van der Waals surface area contributed by atoms with Gasteiger partial charge in [0.2, 0.25) is 0 Å². The monoisotopic (exact) mass is 250 g/mol. The van der Waals surface area contributed by atoms with E-state index in [0.29, 0.717) is 0 Å². The first-order valence-corrected chi connectivity index (χ1v) is 4.58. The van der Waals surface area contributed by atoms with Crippen LogP contribution < -0.4 is 0 Å². The second-order valence-corrected chi connectivity index (χ2v) is 3.18. The Labute approximate surface area is 93.6 Å². The van der Waals surface area contributed by atoms with Crippen molar-refractivity contribution in [1.29, 1.82) is 0 Å². The number of nitro groups is 2. The fourth-order valence-corrected chi connectivity index (χ4v) is 1.19. The summed E-state index contributed by atoms with van der Waals surface area (Å²) >= 11 is 5.32. The van der Waals surface area contributed by atoms with Crippen LogP contribution in [0.15, 0.2) is 6.33 Å². The molecule has 0 spiro atoms. The van der Waals surface area contributed by atoms with Crippen LogP contribution in [-0.2, 0) is 6.54 Å². The summed E-state index contributed by atoms with van der Waals surface area (Å²) in [7, 11) is 0. The lowest BCUT2D eigenvalue weighted by Gasteiger charge is -2.03. The van der Waals surface area contributed by atoms with Crippen LogP contribution in [0.3, 0.4) is 0 Å². The Morgan fingerprint density at radius 2 is 2.12 bits per heavy atom. The van der Waals surface area contributed by atoms with Gasteiger partial charge in [-0.1, -0.05) is 0 Å². The molecule has 16 heavy (non-hydrogen) atoms. The van der Waals surface area contributed by atoms with E-state index in [9.17, 15) is 25.3 Å². The lowest BCUT2D eigenvalue weighted by atomic mass is 10.4. The summed E-state index contributed by atoms with van der Waals surface area (Å²) in [5, 5.41) is 30.2. The fraction of sp³-hybridized carbons (Fsp3) is 0.500. The predicted octanol–water partition coefficient (Wildman–Crippen LogP) is 0.299. The minimum absolute atomic E-state index is 0.136. The Hall–Kier alpha value is -1.74. The van der Waals surface area contributed by atoms with E-state index in [1.165, 1.54) is 0 Å². The summed E-state index contributed by atoms with van der Waals surface area (Å²) in [5.74, 6) is -1.76. The van der Waals surface area contributed by atoms with Gasteiger partial charge in [-0.25, -0.2) is 0 Å². The van der Waals surface area contributed by atoms with Crippen molar-refractivity contribution in [2.75, 3.05) is 5.88 Å². The lowest BCUT2D eigenvalue weighted by molar-refractivity contribution is -0.428. The highest BCUT2D eigenvalue weighted by Gasteiger charge is 2.32. The largest absolute Gasteiger partial charge is 0.462 e. The quantitative estimate of drug-likeness (QED) is 0.455. The molecule has 0 saturated heterocycles. The molecule has 88 valence electrons. The van der Waals surface area contributed by atoms with Crippen LogP contribution in [0.25, 0.3) is 0 Å². The number of alkyl halides is 1. The predicted molar refractivity (Wildman–Crippen MR) is 52.3 cm³/mol. The van der Waals surface area contributed by atoms with Crippen molar-refractivity contribution >= 4 is 23.2 Å². The summed E-state index contributed by atoms with van der Waals surface area (Å²) in [4.78, 5) is 22.4. The maximum atomic E-state index is 10.6. The van der Waals surface area contributed by atoms with Crippen LogP contribution in [0.5, 0.6) is 0 Å². The van der Waals surface area contributed by atoms with Crippen molar-refractivity contribution in [3.05, 3.63) is 26.6 Å². The van der Waals surface area contributed by atoms with Crippen LogP contribution in [0.2, 0.25) is 0 Å². The molecule has 1 heterocycles. The molecular weight excluding hydrogens is 244 g/mol. The van der Waals surface area contributed by atoms with E-state index in [0.717, 1.165) is 10.9 Å². The summed E-state index contributed by atoms with van der Waals surface area (Å²) in [6.07, 6.45) is -0.111. The SMILES string of the molecule is O=[N+]([O-])c1ncn(CC(O)CCl)c1[N+](=O)[O-]. The normalized spacial score (nSPS) is 12.4. The molecule has 0 amide bonds. The number of imidazole rings is 1. The molecular formula is C6H7ClN4O5. The van der Waals surface area contributed by atoms with E-state index in [1.807, 2.05) is 0 Å². The molecule has 1 aromatic heterocycles. The molecule has 0 aliphatic rings. The van der Waals surface area contributed by atoms with Crippen LogP contribution >= 0.6 is 11.6 Å². The number of nitrogens with zero attached hydrogens (tertiary/aromatic N) is 4. The Kier molecular flexibility index (Phi) is 3.74. The minimum Gasteiger partial charge on any atom is -0.388 e. The molecule has 1 rings (SSSR count). The molecule has 1 N–H and O–H groups in total. The number of hydrogen-bond donors (Lipinski definition) is 1. The van der Waals surface area contributed by atoms with Gasteiger partial charge in [0.25, 0.3) is 6.33 Å². The third-order valence-corrected chi connectivity index (χ3v) is 2.08. The van der Waals surface area contributed by atoms with E-state index in [4.69, 9.17) is 11.6 Å². The van der Waals surface area contributed by atoms with E-state index < -0.39 is 27.6 Å². The highest BCUT2D eigenvalue weighted by Crippen LogP contribution is 2.24. The molecule has 0 bridgehead atoms. The number of aliphatic hydroxyl groups excluding tert-OH is 1. The van der Waals surface area contributed by atoms with Crippen molar-refractivity contribution < 1.29 is 15.0 Å². The minimum atomic E-state index is -1.03. The summed E-state index contributed by atoms with van der Waals surface area (Å²) in [5.41, 5.74) is 0. The number of hydrogen-bond acceptors (Lipinski definition) is 6. The average Bonchev–Trinajstić information content (AvgIpc) is 2.61. The van der Waals surface area contributed by atoms with Crippen LogP contribution in [0.1, 0.15) is 0 Å². The highest BCUT2D eigenvalue weighted by atomic mass is 35.5. The van der Waals surface area contributed by atoms with Crippen molar-refractivity contribution in [2.24, 2.45) is 0 Å². The third kappa shape index (κ3) is 2.44. The molecule has 10 heteroatoms. The van der Waals surface area contributed by atoms with Gasteiger partial charge in [-0.3, -0.25) is 0 Å². The zero-order chi connectivity index (χ0) is 12.3. The van der Waals surface area contributed by atoms with E-state index in [1.54, 1.807) is 0 Å². The average molecular weight is 251 g/mol. The van der Waals surface area contributed by atoms with Gasteiger partial charge < -0.3 is 25.3 Å².